The zero-order valence-electron chi connectivity index (χ0n) is 19.5. The topological polar surface area (TPSA) is 64.0 Å². The predicted octanol–water partition coefficient (Wildman–Crippen LogP) is 6.20. The Morgan fingerprint density at radius 3 is 2.61 bits per heavy atom. The maximum atomic E-state index is 14.4. The van der Waals surface area contributed by atoms with Crippen LogP contribution in [0.1, 0.15) is 47.2 Å². The van der Waals surface area contributed by atoms with Crippen molar-refractivity contribution in [2.24, 2.45) is 0 Å². The highest BCUT2D eigenvalue weighted by molar-refractivity contribution is 7.98. The Kier molecular flexibility index (Phi) is 7.39. The molecule has 1 heterocycles. The standard InChI is InChI=1S/C28H25ClFN3O2S/c29-23-11-6-12-24(30)22(23)17-36-28-32-25-15-19(26(34)31-20-9-4-5-10-20)13-14-21(25)27(35)33(28)16-18-7-2-1-3-8-18/h1-3,6-8,11-15,20H,4-5,9-10,16-17H2,(H,31,34). The van der Waals surface area contributed by atoms with Gasteiger partial charge in [0, 0.05) is 27.9 Å². The molecular weight excluding hydrogens is 497 g/mol. The molecule has 1 saturated carbocycles. The summed E-state index contributed by atoms with van der Waals surface area (Å²) in [6.07, 6.45) is 4.22. The molecule has 1 fully saturated rings. The summed E-state index contributed by atoms with van der Waals surface area (Å²) < 4.78 is 16.0. The Hall–Kier alpha value is -3.16. The van der Waals surface area contributed by atoms with Crippen molar-refractivity contribution < 1.29 is 9.18 Å². The zero-order valence-corrected chi connectivity index (χ0v) is 21.1. The zero-order chi connectivity index (χ0) is 25.1. The van der Waals surface area contributed by atoms with Gasteiger partial charge in [-0.2, -0.15) is 0 Å². The smallest absolute Gasteiger partial charge is 0.262 e. The van der Waals surface area contributed by atoms with Crippen LogP contribution in [0.25, 0.3) is 10.9 Å². The first kappa shape index (κ1) is 24.5. The van der Waals surface area contributed by atoms with Crippen molar-refractivity contribution in [2.45, 2.75) is 49.2 Å². The summed E-state index contributed by atoms with van der Waals surface area (Å²) in [5, 5.41) is 4.27. The van der Waals surface area contributed by atoms with Gasteiger partial charge in [0.2, 0.25) is 0 Å². The summed E-state index contributed by atoms with van der Waals surface area (Å²) in [5.74, 6) is -0.356. The van der Waals surface area contributed by atoms with E-state index in [2.05, 4.69) is 5.32 Å². The number of benzene rings is 3. The summed E-state index contributed by atoms with van der Waals surface area (Å²) in [6.45, 7) is 0.319. The summed E-state index contributed by atoms with van der Waals surface area (Å²) in [5.41, 5.74) is 1.99. The van der Waals surface area contributed by atoms with E-state index in [1.54, 1.807) is 34.9 Å². The molecule has 184 valence electrons. The van der Waals surface area contributed by atoms with Gasteiger partial charge < -0.3 is 5.32 Å². The van der Waals surface area contributed by atoms with Gasteiger partial charge in [-0.05, 0) is 48.7 Å². The number of rotatable bonds is 7. The number of carbonyl (C=O) groups excluding carboxylic acids is 1. The molecule has 5 rings (SSSR count). The Bertz CT molecular complexity index is 1450. The maximum absolute atomic E-state index is 14.4. The molecule has 0 spiro atoms. The minimum atomic E-state index is -0.404. The van der Waals surface area contributed by atoms with Crippen LogP contribution in [0, 0.1) is 5.82 Å². The third-order valence-electron chi connectivity index (χ3n) is 6.46. The highest BCUT2D eigenvalue weighted by Gasteiger charge is 2.20. The largest absolute Gasteiger partial charge is 0.349 e. The molecule has 1 N–H and O–H groups in total. The van der Waals surface area contributed by atoms with Crippen LogP contribution in [0.5, 0.6) is 0 Å². The molecule has 1 amide bonds. The molecule has 36 heavy (non-hydrogen) atoms. The molecule has 0 bridgehead atoms. The van der Waals surface area contributed by atoms with Gasteiger partial charge in [-0.1, -0.05) is 72.6 Å². The molecule has 3 aromatic carbocycles. The van der Waals surface area contributed by atoms with Gasteiger partial charge in [0.1, 0.15) is 5.82 Å². The Labute approximate surface area is 217 Å². The highest BCUT2D eigenvalue weighted by atomic mass is 35.5. The first-order valence-corrected chi connectivity index (χ1v) is 13.3. The minimum absolute atomic E-state index is 0.161. The molecule has 0 radical (unpaired) electrons. The lowest BCUT2D eigenvalue weighted by Crippen LogP contribution is -2.32. The van der Waals surface area contributed by atoms with Gasteiger partial charge in [-0.15, -0.1) is 0 Å². The third-order valence-corrected chi connectivity index (χ3v) is 7.82. The fourth-order valence-electron chi connectivity index (χ4n) is 4.50. The average Bonchev–Trinajstić information content (AvgIpc) is 3.39. The Balaban J connectivity index is 1.53. The van der Waals surface area contributed by atoms with Crippen molar-refractivity contribution in [1.29, 1.82) is 0 Å². The number of halogens is 2. The van der Waals surface area contributed by atoms with Gasteiger partial charge >= 0.3 is 0 Å². The van der Waals surface area contributed by atoms with E-state index >= 15 is 0 Å². The predicted molar refractivity (Wildman–Crippen MR) is 142 cm³/mol. The van der Waals surface area contributed by atoms with E-state index in [0.717, 1.165) is 31.2 Å². The maximum Gasteiger partial charge on any atom is 0.262 e. The molecule has 0 atom stereocenters. The van der Waals surface area contributed by atoms with Crippen LogP contribution in [0.15, 0.2) is 76.7 Å². The molecule has 0 aliphatic heterocycles. The van der Waals surface area contributed by atoms with Crippen molar-refractivity contribution in [3.8, 4) is 0 Å². The number of hydrogen-bond donors (Lipinski definition) is 1. The number of thioether (sulfide) groups is 1. The number of carbonyl (C=O) groups is 1. The number of fused-ring (bicyclic) bond motifs is 1. The highest BCUT2D eigenvalue weighted by Crippen LogP contribution is 2.28. The summed E-state index contributed by atoms with van der Waals surface area (Å²) in [4.78, 5) is 31.2. The molecule has 8 heteroatoms. The lowest BCUT2D eigenvalue weighted by atomic mass is 10.1. The molecule has 5 nitrogen and oxygen atoms in total. The molecule has 1 aliphatic carbocycles. The van der Waals surface area contributed by atoms with Crippen LogP contribution in [0.3, 0.4) is 0 Å². The normalized spacial score (nSPS) is 13.8. The van der Waals surface area contributed by atoms with Crippen LogP contribution in [-0.2, 0) is 12.3 Å². The number of nitrogens with zero attached hydrogens (tertiary/aromatic N) is 2. The molecule has 0 unspecified atom stereocenters. The van der Waals surface area contributed by atoms with Crippen LogP contribution >= 0.6 is 23.4 Å². The van der Waals surface area contributed by atoms with Crippen LogP contribution in [-0.4, -0.2) is 21.5 Å². The van der Waals surface area contributed by atoms with E-state index in [1.807, 2.05) is 30.3 Å². The van der Waals surface area contributed by atoms with Gasteiger partial charge in [-0.25, -0.2) is 9.37 Å². The van der Waals surface area contributed by atoms with Crippen LogP contribution in [0.4, 0.5) is 4.39 Å². The van der Waals surface area contributed by atoms with E-state index in [-0.39, 0.29) is 23.3 Å². The van der Waals surface area contributed by atoms with Gasteiger partial charge in [0.05, 0.1) is 17.4 Å². The third kappa shape index (κ3) is 5.32. The summed E-state index contributed by atoms with van der Waals surface area (Å²) in [7, 11) is 0. The fraction of sp³-hybridized carbons (Fsp3) is 0.250. The minimum Gasteiger partial charge on any atom is -0.349 e. The SMILES string of the molecule is O=C(NC1CCCC1)c1ccc2c(=O)n(Cc3ccccc3)c(SCc3c(F)cccc3Cl)nc2c1. The van der Waals surface area contributed by atoms with Crippen molar-refractivity contribution in [3.05, 3.63) is 105 Å². The van der Waals surface area contributed by atoms with E-state index in [0.29, 0.717) is 38.8 Å². The molecule has 4 aromatic rings. The van der Waals surface area contributed by atoms with Crippen LogP contribution in [0.2, 0.25) is 5.02 Å². The number of nitrogens with one attached hydrogen (secondary N) is 1. The summed E-state index contributed by atoms with van der Waals surface area (Å²) in [6, 6.07) is 19.4. The molecule has 0 saturated heterocycles. The van der Waals surface area contributed by atoms with E-state index in [4.69, 9.17) is 16.6 Å². The number of hydrogen-bond acceptors (Lipinski definition) is 4. The van der Waals surface area contributed by atoms with Crippen LogP contribution < -0.4 is 10.9 Å². The van der Waals surface area contributed by atoms with Gasteiger partial charge in [0.25, 0.3) is 11.5 Å². The fourth-order valence-corrected chi connectivity index (χ4v) is 5.85. The number of amides is 1. The van der Waals surface area contributed by atoms with Crippen molar-refractivity contribution in [2.75, 3.05) is 0 Å². The Morgan fingerprint density at radius 2 is 1.86 bits per heavy atom. The van der Waals surface area contributed by atoms with Gasteiger partial charge in [0.15, 0.2) is 5.16 Å². The van der Waals surface area contributed by atoms with Gasteiger partial charge in [-0.3, -0.25) is 14.2 Å². The second kappa shape index (κ2) is 10.8. The Morgan fingerprint density at radius 1 is 1.08 bits per heavy atom. The first-order chi connectivity index (χ1) is 17.5. The monoisotopic (exact) mass is 521 g/mol. The lowest BCUT2D eigenvalue weighted by Gasteiger charge is -2.15. The summed E-state index contributed by atoms with van der Waals surface area (Å²) >= 11 is 7.47. The molecule has 1 aromatic heterocycles. The van der Waals surface area contributed by atoms with E-state index in [9.17, 15) is 14.0 Å². The molecular formula is C28H25ClFN3O2S. The number of aromatic nitrogens is 2. The first-order valence-electron chi connectivity index (χ1n) is 11.9. The van der Waals surface area contributed by atoms with E-state index < -0.39 is 5.82 Å². The lowest BCUT2D eigenvalue weighted by molar-refractivity contribution is 0.0938. The van der Waals surface area contributed by atoms with Crippen molar-refractivity contribution >= 4 is 40.2 Å². The quantitative estimate of drug-likeness (QED) is 0.232. The van der Waals surface area contributed by atoms with Crippen molar-refractivity contribution in [3.63, 3.8) is 0 Å². The van der Waals surface area contributed by atoms with Crippen molar-refractivity contribution in [1.82, 2.24) is 14.9 Å². The van der Waals surface area contributed by atoms with E-state index in [1.165, 1.54) is 17.8 Å². The second-order valence-electron chi connectivity index (χ2n) is 8.95. The second-order valence-corrected chi connectivity index (χ2v) is 10.3. The molecule has 1 aliphatic rings. The average molecular weight is 522 g/mol.